The van der Waals surface area contributed by atoms with Crippen LogP contribution < -0.4 is 10.6 Å². The standard InChI is InChI=1S/C28H48N2O21/c1-7(34)29-13-17(38)23(10(4-32)46-25(13)44)50-26-14(30-8(2)35)18(39)24(11(5-33)48-26)51-28-22(43)20(41)16(37)12(49-28)6-45-27-21(42)19(40)15(36)9(3-31)47-27/h9-28,31-33,36-44H,3-6H2,1-2H3,(H,29,34)(H,30,35)/t9-,10-,11-,12-,13-,14-,15-,16-,17-,18-,19+,20+,21+,22+,23-,24-,25+,26+,27-,28+/m1/s1. The number of aliphatic hydroxyl groups is 12. The van der Waals surface area contributed by atoms with Crippen LogP contribution >= 0.6 is 0 Å². The van der Waals surface area contributed by atoms with Crippen molar-refractivity contribution in [3.05, 3.63) is 0 Å². The van der Waals surface area contributed by atoms with E-state index >= 15 is 0 Å². The molecule has 0 bridgehead atoms. The first-order chi connectivity index (χ1) is 24.0. The number of hydrogen-bond donors (Lipinski definition) is 14. The van der Waals surface area contributed by atoms with Crippen molar-refractivity contribution in [1.82, 2.24) is 10.6 Å². The molecule has 20 atom stereocenters. The monoisotopic (exact) mass is 748 g/mol. The van der Waals surface area contributed by atoms with Crippen molar-refractivity contribution in [2.75, 3.05) is 26.4 Å². The predicted molar refractivity (Wildman–Crippen MR) is 157 cm³/mol. The van der Waals surface area contributed by atoms with Crippen LogP contribution in [0.2, 0.25) is 0 Å². The summed E-state index contributed by atoms with van der Waals surface area (Å²) in [7, 11) is 0. The molecule has 0 aliphatic carbocycles. The van der Waals surface area contributed by atoms with Gasteiger partial charge >= 0.3 is 0 Å². The van der Waals surface area contributed by atoms with Gasteiger partial charge in [-0.2, -0.15) is 0 Å². The van der Waals surface area contributed by atoms with Gasteiger partial charge in [0.2, 0.25) is 11.8 Å². The summed E-state index contributed by atoms with van der Waals surface area (Å²) < 4.78 is 38.9. The Hall–Kier alpha value is -1.82. The Balaban J connectivity index is 1.50. The number of ether oxygens (including phenoxy) is 7. The summed E-state index contributed by atoms with van der Waals surface area (Å²) in [5.41, 5.74) is 0. The Kier molecular flexibility index (Phi) is 14.8. The van der Waals surface area contributed by atoms with Gasteiger partial charge in [-0.3, -0.25) is 9.59 Å². The number of nitrogens with one attached hydrogen (secondary N) is 2. The number of hydrogen-bond acceptors (Lipinski definition) is 21. The van der Waals surface area contributed by atoms with Gasteiger partial charge in [0, 0.05) is 13.8 Å². The second-order valence-electron chi connectivity index (χ2n) is 12.7. The van der Waals surface area contributed by atoms with Gasteiger partial charge in [0.05, 0.1) is 26.4 Å². The fourth-order valence-electron chi connectivity index (χ4n) is 6.25. The third kappa shape index (κ3) is 9.29. The summed E-state index contributed by atoms with van der Waals surface area (Å²) >= 11 is 0. The Morgan fingerprint density at radius 1 is 0.510 bits per heavy atom. The number of rotatable bonds is 12. The zero-order chi connectivity index (χ0) is 37.9. The maximum atomic E-state index is 12.2. The smallest absolute Gasteiger partial charge is 0.217 e. The van der Waals surface area contributed by atoms with Gasteiger partial charge < -0.3 is 105 Å². The van der Waals surface area contributed by atoms with Gasteiger partial charge in [0.1, 0.15) is 97.5 Å². The van der Waals surface area contributed by atoms with Gasteiger partial charge in [-0.05, 0) is 0 Å². The number of amides is 2. The predicted octanol–water partition coefficient (Wildman–Crippen LogP) is -9.46. The Morgan fingerprint density at radius 3 is 1.49 bits per heavy atom. The van der Waals surface area contributed by atoms with Crippen molar-refractivity contribution >= 4 is 11.8 Å². The molecule has 4 aliphatic rings. The van der Waals surface area contributed by atoms with Gasteiger partial charge in [-0.15, -0.1) is 0 Å². The first kappa shape index (κ1) is 41.9. The molecule has 0 aromatic carbocycles. The van der Waals surface area contributed by atoms with E-state index in [4.69, 9.17) is 33.2 Å². The first-order valence-corrected chi connectivity index (χ1v) is 16.1. The van der Waals surface area contributed by atoms with E-state index in [1.54, 1.807) is 0 Å². The topological polar surface area (TPSA) is 366 Å². The summed E-state index contributed by atoms with van der Waals surface area (Å²) in [6, 6.07) is -3.02. The Bertz CT molecular complexity index is 1140. The summed E-state index contributed by atoms with van der Waals surface area (Å²) in [6.07, 6.45) is -30.9. The lowest BCUT2D eigenvalue weighted by Gasteiger charge is -2.49. The van der Waals surface area contributed by atoms with Crippen LogP contribution in [0.5, 0.6) is 0 Å². The lowest BCUT2D eigenvalue weighted by molar-refractivity contribution is -0.365. The third-order valence-electron chi connectivity index (χ3n) is 8.99. The molecule has 4 heterocycles. The number of carbonyl (C=O) groups excluding carboxylic acids is 2. The van der Waals surface area contributed by atoms with Gasteiger partial charge in [0.25, 0.3) is 0 Å². The molecule has 0 radical (unpaired) electrons. The Morgan fingerprint density at radius 2 is 0.941 bits per heavy atom. The van der Waals surface area contributed by atoms with E-state index in [2.05, 4.69) is 10.6 Å². The van der Waals surface area contributed by atoms with Gasteiger partial charge in [0.15, 0.2) is 25.2 Å². The van der Waals surface area contributed by atoms with Crippen LogP contribution in [0.1, 0.15) is 13.8 Å². The molecule has 23 heteroatoms. The van der Waals surface area contributed by atoms with E-state index < -0.39 is 161 Å². The maximum absolute atomic E-state index is 12.2. The highest BCUT2D eigenvalue weighted by atomic mass is 16.8. The van der Waals surface area contributed by atoms with E-state index in [1.807, 2.05) is 0 Å². The molecule has 0 aromatic rings. The normalized spacial score (nSPS) is 47.8. The minimum atomic E-state index is -2.00. The molecule has 0 saturated carbocycles. The van der Waals surface area contributed by atoms with Gasteiger partial charge in [-0.1, -0.05) is 0 Å². The van der Waals surface area contributed by atoms with E-state index in [1.165, 1.54) is 0 Å². The highest BCUT2D eigenvalue weighted by Crippen LogP contribution is 2.33. The SMILES string of the molecule is CC(=O)N[C@@H]1[C@@H](O)[C@H](O[C@@H]2O[C@H](CO)[C@@H](O[C@@H]3O[C@H](CO[C@@H]4O[C@H](CO)[C@@H](O)[C@H](O)[C@@H]4O)[C@@H](O)[C@H](O)[C@@H]3O)[C@H](O)[C@H]2NC(C)=O)[C@@H](CO)O[C@@H]1O. The molecule has 0 unspecified atom stereocenters. The largest absolute Gasteiger partial charge is 0.394 e. The molecule has 4 rings (SSSR count). The third-order valence-corrected chi connectivity index (χ3v) is 8.99. The van der Waals surface area contributed by atoms with Crippen LogP contribution in [0, 0.1) is 0 Å². The molecule has 4 aliphatic heterocycles. The summed E-state index contributed by atoms with van der Waals surface area (Å²) in [5.74, 6) is -1.39. The average Bonchev–Trinajstić information content (AvgIpc) is 3.09. The molecule has 23 nitrogen and oxygen atoms in total. The molecule has 0 aromatic heterocycles. The summed E-state index contributed by atoms with van der Waals surface area (Å²) in [4.78, 5) is 23.9. The lowest BCUT2D eigenvalue weighted by Crippen LogP contribution is -2.70. The van der Waals surface area contributed by atoms with Crippen molar-refractivity contribution in [2.24, 2.45) is 0 Å². The second-order valence-corrected chi connectivity index (χ2v) is 12.7. The lowest BCUT2D eigenvalue weighted by atomic mass is 9.94. The molecular formula is C28H48N2O21. The highest BCUT2D eigenvalue weighted by Gasteiger charge is 2.54. The van der Waals surface area contributed by atoms with Crippen LogP contribution in [-0.2, 0) is 42.7 Å². The van der Waals surface area contributed by atoms with Crippen molar-refractivity contribution in [3.63, 3.8) is 0 Å². The molecule has 4 fully saturated rings. The molecular weight excluding hydrogens is 700 g/mol. The van der Waals surface area contributed by atoms with Crippen LogP contribution in [0.25, 0.3) is 0 Å². The minimum absolute atomic E-state index is 0.656. The molecule has 14 N–H and O–H groups in total. The maximum Gasteiger partial charge on any atom is 0.217 e. The quantitative estimate of drug-likeness (QED) is 0.0881. The fraction of sp³-hybridized carbons (Fsp3) is 0.929. The molecule has 296 valence electrons. The van der Waals surface area contributed by atoms with E-state index in [-0.39, 0.29) is 0 Å². The van der Waals surface area contributed by atoms with Crippen LogP contribution in [0.3, 0.4) is 0 Å². The first-order valence-electron chi connectivity index (χ1n) is 16.1. The average molecular weight is 749 g/mol. The molecule has 2 amide bonds. The number of aliphatic hydroxyl groups excluding tert-OH is 12. The van der Waals surface area contributed by atoms with Gasteiger partial charge in [-0.25, -0.2) is 0 Å². The minimum Gasteiger partial charge on any atom is -0.394 e. The van der Waals surface area contributed by atoms with Crippen molar-refractivity contribution in [1.29, 1.82) is 0 Å². The Labute approximate surface area is 289 Å². The van der Waals surface area contributed by atoms with E-state index in [9.17, 15) is 70.9 Å². The zero-order valence-electron chi connectivity index (χ0n) is 27.4. The van der Waals surface area contributed by atoms with Crippen molar-refractivity contribution in [2.45, 2.75) is 137 Å². The number of carbonyl (C=O) groups is 2. The summed E-state index contributed by atoms with van der Waals surface area (Å²) in [6.45, 7) is -0.998. The van der Waals surface area contributed by atoms with E-state index in [0.717, 1.165) is 13.8 Å². The van der Waals surface area contributed by atoms with Crippen molar-refractivity contribution in [3.8, 4) is 0 Å². The van der Waals surface area contributed by atoms with Crippen LogP contribution in [0.4, 0.5) is 0 Å². The van der Waals surface area contributed by atoms with Crippen LogP contribution in [0.15, 0.2) is 0 Å². The zero-order valence-corrected chi connectivity index (χ0v) is 27.4. The molecule has 0 spiro atoms. The fourth-order valence-corrected chi connectivity index (χ4v) is 6.25. The molecule has 4 saturated heterocycles. The van der Waals surface area contributed by atoms with Crippen molar-refractivity contribution < 1.29 is 104 Å². The van der Waals surface area contributed by atoms with Crippen LogP contribution in [-0.4, -0.2) is 222 Å². The van der Waals surface area contributed by atoms with E-state index in [0.29, 0.717) is 0 Å². The summed E-state index contributed by atoms with van der Waals surface area (Å²) in [5, 5.41) is 129. The molecule has 51 heavy (non-hydrogen) atoms. The highest BCUT2D eigenvalue weighted by molar-refractivity contribution is 5.73. The second kappa shape index (κ2) is 18.0.